The summed E-state index contributed by atoms with van der Waals surface area (Å²) < 4.78 is 23.8. The molecule has 0 spiro atoms. The summed E-state index contributed by atoms with van der Waals surface area (Å²) in [6.07, 6.45) is 1.66. The molecule has 0 saturated heterocycles. The summed E-state index contributed by atoms with van der Waals surface area (Å²) in [5.41, 5.74) is 0.937. The van der Waals surface area contributed by atoms with Crippen LogP contribution in [0.15, 0.2) is 55.8 Å². The summed E-state index contributed by atoms with van der Waals surface area (Å²) in [7, 11) is 1.45. The summed E-state index contributed by atoms with van der Waals surface area (Å²) in [4.78, 5) is 43.5. The van der Waals surface area contributed by atoms with Gasteiger partial charge in [-0.3, -0.25) is 14.2 Å². The van der Waals surface area contributed by atoms with Crippen molar-refractivity contribution in [2.24, 2.45) is 10.9 Å². The Morgan fingerprint density at radius 1 is 1.19 bits per heavy atom. The molecule has 1 atom stereocenters. The zero-order valence-corrected chi connectivity index (χ0v) is 22.3. The van der Waals surface area contributed by atoms with Gasteiger partial charge in [0.25, 0.3) is 5.56 Å². The molecule has 9 nitrogen and oxygen atoms in total. The Hall–Kier alpha value is -3.92. The lowest BCUT2D eigenvalue weighted by atomic mass is 9.95. The number of benzene rings is 1. The maximum absolute atomic E-state index is 13.7. The van der Waals surface area contributed by atoms with Crippen LogP contribution in [0.1, 0.15) is 50.8 Å². The summed E-state index contributed by atoms with van der Waals surface area (Å²) >= 11 is 1.20. The van der Waals surface area contributed by atoms with Crippen molar-refractivity contribution in [1.82, 2.24) is 4.57 Å². The molecule has 4 rings (SSSR count). The van der Waals surface area contributed by atoms with Gasteiger partial charge in [-0.05, 0) is 49.6 Å². The average Bonchev–Trinajstić information content (AvgIpc) is 3.38. The van der Waals surface area contributed by atoms with Crippen LogP contribution in [-0.4, -0.2) is 30.2 Å². The highest BCUT2D eigenvalue weighted by Gasteiger charge is 2.34. The molecule has 0 aliphatic carbocycles. The van der Waals surface area contributed by atoms with Crippen molar-refractivity contribution in [3.8, 4) is 11.5 Å². The first kappa shape index (κ1) is 26.2. The van der Waals surface area contributed by atoms with Crippen LogP contribution >= 0.6 is 11.3 Å². The van der Waals surface area contributed by atoms with Crippen molar-refractivity contribution < 1.29 is 28.2 Å². The maximum Gasteiger partial charge on any atom is 0.338 e. The van der Waals surface area contributed by atoms with Crippen molar-refractivity contribution in [3.63, 3.8) is 0 Å². The lowest BCUT2D eigenvalue weighted by Crippen LogP contribution is -2.40. The molecule has 194 valence electrons. The molecule has 0 amide bonds. The summed E-state index contributed by atoms with van der Waals surface area (Å²) in [6.45, 7) is 8.94. The Labute approximate surface area is 217 Å². The maximum atomic E-state index is 13.7. The van der Waals surface area contributed by atoms with Crippen molar-refractivity contribution >= 4 is 29.4 Å². The molecule has 0 fully saturated rings. The van der Waals surface area contributed by atoms with E-state index in [0.717, 1.165) is 5.76 Å². The third-order valence-corrected chi connectivity index (χ3v) is 6.56. The molecular weight excluding hydrogens is 496 g/mol. The van der Waals surface area contributed by atoms with Gasteiger partial charge in [-0.15, -0.1) is 0 Å². The average molecular weight is 525 g/mol. The van der Waals surface area contributed by atoms with Crippen molar-refractivity contribution in [2.75, 3.05) is 13.7 Å². The van der Waals surface area contributed by atoms with Crippen LogP contribution in [0.5, 0.6) is 11.5 Å². The number of aryl methyl sites for hydroxylation is 1. The van der Waals surface area contributed by atoms with Gasteiger partial charge in [-0.2, -0.15) is 0 Å². The van der Waals surface area contributed by atoms with Crippen molar-refractivity contribution in [1.29, 1.82) is 0 Å². The molecule has 3 aromatic rings. The number of hydrogen-bond donors (Lipinski definition) is 0. The third kappa shape index (κ3) is 5.43. The number of aromatic nitrogens is 1. The monoisotopic (exact) mass is 524 g/mol. The Morgan fingerprint density at radius 2 is 1.95 bits per heavy atom. The first-order chi connectivity index (χ1) is 17.6. The van der Waals surface area contributed by atoms with Crippen molar-refractivity contribution in [3.05, 3.63) is 78.4 Å². The minimum absolute atomic E-state index is 0.129. The van der Waals surface area contributed by atoms with Crippen LogP contribution in [0.4, 0.5) is 0 Å². The minimum Gasteiger partial charge on any atom is -0.493 e. The van der Waals surface area contributed by atoms with Gasteiger partial charge in [0.2, 0.25) is 0 Å². The second-order valence-electron chi connectivity index (χ2n) is 9.03. The van der Waals surface area contributed by atoms with Crippen LogP contribution < -0.4 is 24.4 Å². The molecule has 1 aliphatic heterocycles. The van der Waals surface area contributed by atoms with Crippen LogP contribution in [0, 0.1) is 12.8 Å². The predicted octanol–water partition coefficient (Wildman–Crippen LogP) is 3.27. The number of carbonyl (C=O) groups excluding carboxylic acids is 2. The number of esters is 2. The van der Waals surface area contributed by atoms with Crippen LogP contribution in [-0.2, 0) is 14.3 Å². The summed E-state index contributed by atoms with van der Waals surface area (Å²) in [5, 5.41) is 0. The summed E-state index contributed by atoms with van der Waals surface area (Å²) in [6, 6.07) is 7.66. The Balaban J connectivity index is 1.92. The first-order valence-electron chi connectivity index (χ1n) is 11.7. The SMILES string of the molecule is COc1cc(C2C(C(=O)OCC(C)C)=C(C)N=c3sc(=Cc4ccc(C)o4)c(=O)n32)ccc1OC(C)=O. The fourth-order valence-corrected chi connectivity index (χ4v) is 5.00. The van der Waals surface area contributed by atoms with Gasteiger partial charge in [0.15, 0.2) is 16.3 Å². The number of allylic oxidation sites excluding steroid dienone is 1. The van der Waals surface area contributed by atoms with Crippen molar-refractivity contribution in [2.45, 2.75) is 40.7 Å². The Kier molecular flexibility index (Phi) is 7.49. The molecule has 3 heterocycles. The van der Waals surface area contributed by atoms with E-state index in [4.69, 9.17) is 18.6 Å². The molecule has 37 heavy (non-hydrogen) atoms. The Morgan fingerprint density at radius 3 is 2.57 bits per heavy atom. The van der Waals surface area contributed by atoms with E-state index < -0.39 is 18.0 Å². The third-order valence-electron chi connectivity index (χ3n) is 5.58. The Bertz CT molecular complexity index is 1570. The van der Waals surface area contributed by atoms with Crippen LogP contribution in [0.3, 0.4) is 0 Å². The van der Waals surface area contributed by atoms with E-state index in [1.54, 1.807) is 37.3 Å². The van der Waals surface area contributed by atoms with E-state index in [2.05, 4.69) is 4.99 Å². The number of nitrogens with zero attached hydrogens (tertiary/aromatic N) is 2. The van der Waals surface area contributed by atoms with E-state index in [-0.39, 0.29) is 35.2 Å². The van der Waals surface area contributed by atoms with Gasteiger partial charge in [-0.1, -0.05) is 31.3 Å². The molecule has 0 radical (unpaired) electrons. The highest BCUT2D eigenvalue weighted by Crippen LogP contribution is 2.36. The van der Waals surface area contributed by atoms with Crippen LogP contribution in [0.25, 0.3) is 6.08 Å². The molecule has 10 heteroatoms. The fraction of sp³-hybridized carbons (Fsp3) is 0.333. The smallest absolute Gasteiger partial charge is 0.338 e. The second-order valence-corrected chi connectivity index (χ2v) is 10.0. The number of rotatable bonds is 7. The highest BCUT2D eigenvalue weighted by atomic mass is 32.1. The van der Waals surface area contributed by atoms with Gasteiger partial charge in [0.1, 0.15) is 11.5 Å². The number of hydrogen-bond acceptors (Lipinski definition) is 9. The lowest BCUT2D eigenvalue weighted by molar-refractivity contribution is -0.140. The molecule has 2 aromatic heterocycles. The van der Waals surface area contributed by atoms with E-state index >= 15 is 0 Å². The van der Waals surface area contributed by atoms with Gasteiger partial charge in [0.05, 0.1) is 35.6 Å². The molecule has 0 bridgehead atoms. The number of methoxy groups -OCH3 is 1. The van der Waals surface area contributed by atoms with Gasteiger partial charge < -0.3 is 18.6 Å². The highest BCUT2D eigenvalue weighted by molar-refractivity contribution is 7.07. The first-order valence-corrected chi connectivity index (χ1v) is 12.5. The molecule has 0 N–H and O–H groups in total. The van der Waals surface area contributed by atoms with Gasteiger partial charge in [0, 0.05) is 13.0 Å². The topological polar surface area (TPSA) is 109 Å². The minimum atomic E-state index is -0.836. The van der Waals surface area contributed by atoms with Gasteiger partial charge >= 0.3 is 11.9 Å². The number of furan rings is 1. The number of ether oxygens (including phenoxy) is 3. The van der Waals surface area contributed by atoms with E-state index in [9.17, 15) is 14.4 Å². The molecule has 0 saturated carbocycles. The van der Waals surface area contributed by atoms with Crippen LogP contribution in [0.2, 0.25) is 0 Å². The molecule has 1 aromatic carbocycles. The fourth-order valence-electron chi connectivity index (χ4n) is 3.97. The van der Waals surface area contributed by atoms with E-state index in [1.807, 2.05) is 26.8 Å². The van der Waals surface area contributed by atoms with E-state index in [1.165, 1.54) is 29.9 Å². The molecule has 1 aliphatic rings. The number of carbonyl (C=O) groups is 2. The second kappa shape index (κ2) is 10.6. The predicted molar refractivity (Wildman–Crippen MR) is 137 cm³/mol. The largest absolute Gasteiger partial charge is 0.493 e. The summed E-state index contributed by atoms with van der Waals surface area (Å²) in [5.74, 6) is 0.848. The zero-order chi connectivity index (χ0) is 26.9. The lowest BCUT2D eigenvalue weighted by Gasteiger charge is -2.25. The normalized spacial score (nSPS) is 15.4. The van der Waals surface area contributed by atoms with E-state index in [0.29, 0.717) is 26.4 Å². The standard InChI is InChI=1S/C27H28N2O7S/c1-14(2)13-34-26(32)23-16(4)28-27-29(25(31)22(37-27)12-19-9-7-15(3)35-19)24(23)18-8-10-20(36-17(5)30)21(11-18)33-6/h7-12,14,24H,13H2,1-6H3. The number of fused-ring (bicyclic) bond motifs is 1. The zero-order valence-electron chi connectivity index (χ0n) is 21.5. The number of thiazole rings is 1. The molecule has 1 unspecified atom stereocenters. The quantitative estimate of drug-likeness (QED) is 0.345. The van der Waals surface area contributed by atoms with Gasteiger partial charge in [-0.25, -0.2) is 9.79 Å². The molecular formula is C27H28N2O7S.